The zero-order valence-electron chi connectivity index (χ0n) is 3.59. The van der Waals surface area contributed by atoms with Crippen molar-refractivity contribution in [1.29, 1.82) is 0 Å². The Labute approximate surface area is 78.3 Å². The van der Waals surface area contributed by atoms with Crippen LogP contribution >= 0.6 is 0 Å². The maximum Gasteiger partial charge on any atom is 0.123 e. The van der Waals surface area contributed by atoms with E-state index in [4.69, 9.17) is 0 Å². The molecule has 6 heavy (non-hydrogen) atoms. The number of hydrogen-bond acceptors (Lipinski definition) is 2. The molecule has 1 radical (unpaired) electrons. The van der Waals surface area contributed by atoms with E-state index in [1.54, 1.807) is 12.3 Å². The van der Waals surface area contributed by atoms with Crippen LogP contribution in [-0.4, -0.2) is 56.5 Å². The molecule has 0 fully saturated rings. The van der Waals surface area contributed by atoms with Gasteiger partial charge in [-0.25, -0.2) is 0 Å². The Hall–Kier alpha value is 0.846. The van der Waals surface area contributed by atoms with Crippen LogP contribution in [0.2, 0.25) is 0 Å². The fourth-order valence-corrected chi connectivity index (χ4v) is 0.176. The van der Waals surface area contributed by atoms with Gasteiger partial charge in [-0.1, -0.05) is 5.16 Å². The number of nitrogens with zero attached hydrogens (tertiary/aromatic N) is 1. The Morgan fingerprint density at radius 2 is 2.33 bits per heavy atom. The van der Waals surface area contributed by atoms with Gasteiger partial charge in [0.15, 0.2) is 0 Å². The normalized spacial score (nSPS) is 6.67. The smallest absolute Gasteiger partial charge is 0.123 e. The number of aromatic nitrogens is 1. The molecule has 0 atom stereocenters. The quantitative estimate of drug-likeness (QED) is 0.446. The molecular formula is C3H3KNO. The van der Waals surface area contributed by atoms with E-state index < -0.39 is 0 Å². The number of hydrogen-bond donors (Lipinski definition) is 0. The molecule has 27 valence electrons. The summed E-state index contributed by atoms with van der Waals surface area (Å²) in [6.07, 6.45) is 3.10. The molecule has 0 saturated carbocycles. The second-order valence-corrected chi connectivity index (χ2v) is 0.688. The Morgan fingerprint density at radius 3 is 2.50 bits per heavy atom. The average molecular weight is 108 g/mol. The molecule has 0 saturated heterocycles. The summed E-state index contributed by atoms with van der Waals surface area (Å²) in [5.74, 6) is 0. The first-order chi connectivity index (χ1) is 2.50. The van der Waals surface area contributed by atoms with E-state index in [1.165, 1.54) is 6.26 Å². The zero-order chi connectivity index (χ0) is 3.54. The fraction of sp³-hybridized carbons (Fsp3) is 0. The third kappa shape index (κ3) is 2.10. The van der Waals surface area contributed by atoms with Crippen molar-refractivity contribution in [2.45, 2.75) is 0 Å². The molecule has 0 bridgehead atoms. The first-order valence-corrected chi connectivity index (χ1v) is 1.34. The summed E-state index contributed by atoms with van der Waals surface area (Å²) < 4.78 is 4.33. The van der Waals surface area contributed by atoms with Gasteiger partial charge in [-0.05, 0) is 6.07 Å². The van der Waals surface area contributed by atoms with E-state index in [9.17, 15) is 0 Å². The molecule has 0 N–H and O–H groups in total. The molecule has 0 aliphatic carbocycles. The summed E-state index contributed by atoms with van der Waals surface area (Å²) >= 11 is 0. The van der Waals surface area contributed by atoms with Crippen LogP contribution in [0.5, 0.6) is 0 Å². The van der Waals surface area contributed by atoms with Gasteiger partial charge in [0.05, 0.1) is 6.20 Å². The van der Waals surface area contributed by atoms with Crippen LogP contribution in [0, 0.1) is 0 Å². The van der Waals surface area contributed by atoms with Crippen molar-refractivity contribution < 1.29 is 4.52 Å². The summed E-state index contributed by atoms with van der Waals surface area (Å²) in [5, 5.41) is 3.35. The Bertz CT molecular complexity index is 67.3. The van der Waals surface area contributed by atoms with Crippen LogP contribution < -0.4 is 0 Å². The molecule has 1 aromatic rings. The van der Waals surface area contributed by atoms with Gasteiger partial charge >= 0.3 is 0 Å². The summed E-state index contributed by atoms with van der Waals surface area (Å²) in [6, 6.07) is 1.72. The van der Waals surface area contributed by atoms with Crippen molar-refractivity contribution in [3.05, 3.63) is 18.5 Å². The van der Waals surface area contributed by atoms with Gasteiger partial charge in [0.1, 0.15) is 6.26 Å². The van der Waals surface area contributed by atoms with E-state index in [1.807, 2.05) is 0 Å². The summed E-state index contributed by atoms with van der Waals surface area (Å²) in [4.78, 5) is 0. The summed E-state index contributed by atoms with van der Waals surface area (Å²) in [7, 11) is 0. The van der Waals surface area contributed by atoms with Gasteiger partial charge in [-0.3, -0.25) is 0 Å². The van der Waals surface area contributed by atoms with Gasteiger partial charge in [0, 0.05) is 51.4 Å². The largest absolute Gasteiger partial charge is 0.365 e. The maximum atomic E-state index is 4.33. The maximum absolute atomic E-state index is 4.33. The van der Waals surface area contributed by atoms with Gasteiger partial charge < -0.3 is 4.52 Å². The van der Waals surface area contributed by atoms with Crippen LogP contribution in [-0.2, 0) is 0 Å². The third-order valence-corrected chi connectivity index (χ3v) is 0.347. The van der Waals surface area contributed by atoms with Gasteiger partial charge in [-0.15, -0.1) is 0 Å². The third-order valence-electron chi connectivity index (χ3n) is 0.347. The van der Waals surface area contributed by atoms with Crippen molar-refractivity contribution in [1.82, 2.24) is 5.16 Å². The molecule has 0 spiro atoms. The number of rotatable bonds is 0. The van der Waals surface area contributed by atoms with E-state index in [0.717, 1.165) is 0 Å². The molecule has 0 amide bonds. The Balaban J connectivity index is 0.000000250. The average Bonchev–Trinajstić information content (AvgIpc) is 1.76. The van der Waals surface area contributed by atoms with Crippen LogP contribution in [0.15, 0.2) is 23.0 Å². The molecule has 1 rings (SSSR count). The van der Waals surface area contributed by atoms with Crippen molar-refractivity contribution in [3.63, 3.8) is 0 Å². The van der Waals surface area contributed by atoms with Gasteiger partial charge in [-0.2, -0.15) is 0 Å². The Kier molecular flexibility index (Phi) is 4.58. The van der Waals surface area contributed by atoms with Crippen molar-refractivity contribution in [2.24, 2.45) is 0 Å². The fourth-order valence-electron chi connectivity index (χ4n) is 0.176. The minimum atomic E-state index is 0. The van der Waals surface area contributed by atoms with E-state index in [0.29, 0.717) is 0 Å². The first kappa shape index (κ1) is 6.85. The molecule has 1 aromatic heterocycles. The van der Waals surface area contributed by atoms with E-state index in [-0.39, 0.29) is 51.4 Å². The summed E-state index contributed by atoms with van der Waals surface area (Å²) in [5.41, 5.74) is 0. The molecular weight excluding hydrogens is 105 g/mol. The molecule has 1 heterocycles. The van der Waals surface area contributed by atoms with Crippen LogP contribution in [0.1, 0.15) is 0 Å². The zero-order valence-corrected chi connectivity index (χ0v) is 6.71. The molecule has 3 heteroatoms. The van der Waals surface area contributed by atoms with Gasteiger partial charge in [0.25, 0.3) is 0 Å². The molecule has 0 aliphatic rings. The second-order valence-electron chi connectivity index (χ2n) is 0.688. The van der Waals surface area contributed by atoms with E-state index in [2.05, 4.69) is 9.68 Å². The van der Waals surface area contributed by atoms with E-state index >= 15 is 0 Å². The van der Waals surface area contributed by atoms with Crippen LogP contribution in [0.4, 0.5) is 0 Å². The minimum Gasteiger partial charge on any atom is -0.365 e. The first-order valence-electron chi connectivity index (χ1n) is 1.34. The predicted molar refractivity (Wildman–Crippen MR) is 22.3 cm³/mol. The predicted octanol–water partition coefficient (Wildman–Crippen LogP) is 0.294. The summed E-state index contributed by atoms with van der Waals surface area (Å²) in [6.45, 7) is 0. The molecule has 2 nitrogen and oxygen atoms in total. The van der Waals surface area contributed by atoms with Crippen LogP contribution in [0.25, 0.3) is 0 Å². The molecule has 0 unspecified atom stereocenters. The topological polar surface area (TPSA) is 26.0 Å². The Morgan fingerprint density at radius 1 is 1.50 bits per heavy atom. The monoisotopic (exact) mass is 108 g/mol. The molecule has 0 aliphatic heterocycles. The standard InChI is InChI=1S/C3H3NO.K/c1-2-4-5-3-1;/h1-3H;. The molecule has 0 aromatic carbocycles. The van der Waals surface area contributed by atoms with Crippen LogP contribution in [0.3, 0.4) is 0 Å². The second kappa shape index (κ2) is 4.02. The van der Waals surface area contributed by atoms with Crippen molar-refractivity contribution >= 4 is 51.4 Å². The minimum absolute atomic E-state index is 0. The van der Waals surface area contributed by atoms with Gasteiger partial charge in [0.2, 0.25) is 0 Å². The van der Waals surface area contributed by atoms with Crippen molar-refractivity contribution in [3.8, 4) is 0 Å². The van der Waals surface area contributed by atoms with Crippen molar-refractivity contribution in [2.75, 3.05) is 0 Å². The SMILES string of the molecule is [K].c1cnoc1.